The van der Waals surface area contributed by atoms with E-state index >= 15 is 0 Å². The topological polar surface area (TPSA) is 78.9 Å². The van der Waals surface area contributed by atoms with Crippen molar-refractivity contribution in [3.63, 3.8) is 0 Å². The number of carbonyl (C=O) groups excluding carboxylic acids is 3. The van der Waals surface area contributed by atoms with Gasteiger partial charge in [-0.3, -0.25) is 14.4 Å². The molecule has 0 saturated carbocycles. The normalized spacial score (nSPS) is 12.3. The van der Waals surface area contributed by atoms with Crippen molar-refractivity contribution >= 4 is 17.9 Å². The molecule has 0 spiro atoms. The molecular formula is C61H110O6. The summed E-state index contributed by atoms with van der Waals surface area (Å²) in [5, 5.41) is 0. The van der Waals surface area contributed by atoms with Crippen LogP contribution in [0.25, 0.3) is 0 Å². The number of rotatable bonds is 53. The predicted molar refractivity (Wildman–Crippen MR) is 289 cm³/mol. The third kappa shape index (κ3) is 54.2. The largest absolute Gasteiger partial charge is 0.462 e. The van der Waals surface area contributed by atoms with Gasteiger partial charge in [0.05, 0.1) is 0 Å². The molecule has 1 atom stereocenters. The maximum atomic E-state index is 12.9. The van der Waals surface area contributed by atoms with Crippen LogP contribution in [0.5, 0.6) is 0 Å². The molecule has 0 heterocycles. The zero-order chi connectivity index (χ0) is 48.6. The third-order valence-corrected chi connectivity index (χ3v) is 12.8. The Hall–Kier alpha value is -2.63. The van der Waals surface area contributed by atoms with E-state index in [2.05, 4.69) is 69.4 Å². The van der Waals surface area contributed by atoms with Gasteiger partial charge in [0.15, 0.2) is 6.10 Å². The first-order chi connectivity index (χ1) is 33.0. The molecule has 0 fully saturated rings. The molecule has 0 aromatic carbocycles. The van der Waals surface area contributed by atoms with Crippen molar-refractivity contribution in [3.8, 4) is 0 Å². The molecule has 390 valence electrons. The highest BCUT2D eigenvalue weighted by molar-refractivity contribution is 5.71. The van der Waals surface area contributed by atoms with Gasteiger partial charge in [-0.05, 0) is 96.3 Å². The van der Waals surface area contributed by atoms with Crippen LogP contribution >= 0.6 is 0 Å². The monoisotopic (exact) mass is 939 g/mol. The highest BCUT2D eigenvalue weighted by atomic mass is 16.6. The second-order valence-electron chi connectivity index (χ2n) is 19.5. The van der Waals surface area contributed by atoms with Crippen LogP contribution in [0.2, 0.25) is 0 Å². The Morgan fingerprint density at radius 1 is 0.299 bits per heavy atom. The van der Waals surface area contributed by atoms with Crippen molar-refractivity contribution in [1.29, 1.82) is 0 Å². The fraction of sp³-hybridized carbons (Fsp3) is 0.820. The van der Waals surface area contributed by atoms with Crippen LogP contribution in [0.3, 0.4) is 0 Å². The average Bonchev–Trinajstić information content (AvgIpc) is 3.33. The van der Waals surface area contributed by atoms with Crippen LogP contribution in [0, 0.1) is 0 Å². The van der Waals surface area contributed by atoms with E-state index in [9.17, 15) is 14.4 Å². The van der Waals surface area contributed by atoms with Crippen LogP contribution in [0.1, 0.15) is 303 Å². The van der Waals surface area contributed by atoms with Gasteiger partial charge in [-0.2, -0.15) is 0 Å². The van der Waals surface area contributed by atoms with Crippen LogP contribution < -0.4 is 0 Å². The standard InChI is InChI=1S/C61H110O6/c1-4-7-10-13-16-19-22-25-27-29-31-33-36-39-42-45-48-51-54-60(63)66-57-58(56-65-59(62)53-50-47-44-41-38-35-24-21-18-15-12-9-6-3)67-61(64)55-52-49-46-43-40-37-34-32-30-28-26-23-20-17-14-11-8-5-2/h12,15,21,24,27-30,58H,4-11,13-14,16-20,22-23,25-26,31-57H2,1-3H3/b15-12-,24-21-,29-27-,30-28-. The lowest BCUT2D eigenvalue weighted by Crippen LogP contribution is -2.30. The Labute approximate surface area is 416 Å². The zero-order valence-electron chi connectivity index (χ0n) is 44.7. The van der Waals surface area contributed by atoms with Gasteiger partial charge < -0.3 is 14.2 Å². The molecule has 0 radical (unpaired) electrons. The number of hydrogen-bond donors (Lipinski definition) is 0. The molecule has 67 heavy (non-hydrogen) atoms. The summed E-state index contributed by atoms with van der Waals surface area (Å²) in [7, 11) is 0. The molecule has 0 rings (SSSR count). The molecule has 0 aliphatic carbocycles. The highest BCUT2D eigenvalue weighted by Gasteiger charge is 2.19. The van der Waals surface area contributed by atoms with Gasteiger partial charge in [0.25, 0.3) is 0 Å². The summed E-state index contributed by atoms with van der Waals surface area (Å²) >= 11 is 0. The van der Waals surface area contributed by atoms with E-state index in [4.69, 9.17) is 14.2 Å². The second-order valence-corrected chi connectivity index (χ2v) is 19.5. The number of allylic oxidation sites excluding steroid dienone is 8. The summed E-state index contributed by atoms with van der Waals surface area (Å²) in [5.74, 6) is -0.890. The van der Waals surface area contributed by atoms with Gasteiger partial charge in [-0.25, -0.2) is 0 Å². The Bertz CT molecular complexity index is 1170. The number of carbonyl (C=O) groups is 3. The van der Waals surface area contributed by atoms with E-state index in [1.807, 2.05) is 0 Å². The molecule has 0 amide bonds. The quantitative estimate of drug-likeness (QED) is 0.0262. The zero-order valence-corrected chi connectivity index (χ0v) is 44.7. The van der Waals surface area contributed by atoms with Gasteiger partial charge in [0, 0.05) is 19.3 Å². The van der Waals surface area contributed by atoms with Crippen molar-refractivity contribution in [3.05, 3.63) is 48.6 Å². The molecule has 0 aromatic rings. The fourth-order valence-electron chi connectivity index (χ4n) is 8.35. The fourth-order valence-corrected chi connectivity index (χ4v) is 8.35. The first kappa shape index (κ1) is 64.4. The molecule has 6 nitrogen and oxygen atoms in total. The summed E-state index contributed by atoms with van der Waals surface area (Å²) in [6.45, 7) is 6.58. The first-order valence-corrected chi connectivity index (χ1v) is 29.1. The Balaban J connectivity index is 4.36. The minimum Gasteiger partial charge on any atom is -0.462 e. The summed E-state index contributed by atoms with van der Waals surface area (Å²) in [6, 6.07) is 0. The molecule has 0 N–H and O–H groups in total. The van der Waals surface area contributed by atoms with Crippen LogP contribution in [0.15, 0.2) is 48.6 Å². The number of unbranched alkanes of at least 4 members (excludes halogenated alkanes) is 34. The second kappa shape index (κ2) is 56.0. The van der Waals surface area contributed by atoms with Crippen LogP contribution in [-0.4, -0.2) is 37.2 Å². The third-order valence-electron chi connectivity index (χ3n) is 12.8. The highest BCUT2D eigenvalue weighted by Crippen LogP contribution is 2.15. The van der Waals surface area contributed by atoms with Crippen molar-refractivity contribution in [2.45, 2.75) is 309 Å². The molecule has 0 bridgehead atoms. The molecule has 0 saturated heterocycles. The van der Waals surface area contributed by atoms with Gasteiger partial charge in [-0.15, -0.1) is 0 Å². The van der Waals surface area contributed by atoms with E-state index in [1.54, 1.807) is 0 Å². The van der Waals surface area contributed by atoms with E-state index in [1.165, 1.54) is 180 Å². The Morgan fingerprint density at radius 2 is 0.567 bits per heavy atom. The molecule has 6 heteroatoms. The van der Waals surface area contributed by atoms with E-state index in [0.29, 0.717) is 19.3 Å². The SMILES string of the molecule is CCC/C=C\C/C=C\CCCCCCCC(=O)OCC(COC(=O)CCCCCCCCC/C=C\CCCCCCCCC)OC(=O)CCCCCCCCC/C=C\CCCCCCCCC. The number of hydrogen-bond acceptors (Lipinski definition) is 6. The van der Waals surface area contributed by atoms with Gasteiger partial charge in [0.1, 0.15) is 13.2 Å². The summed E-state index contributed by atoms with van der Waals surface area (Å²) in [5.41, 5.74) is 0. The first-order valence-electron chi connectivity index (χ1n) is 29.1. The van der Waals surface area contributed by atoms with Crippen LogP contribution in [-0.2, 0) is 28.6 Å². The maximum absolute atomic E-state index is 12.9. The smallest absolute Gasteiger partial charge is 0.306 e. The van der Waals surface area contributed by atoms with Crippen LogP contribution in [0.4, 0.5) is 0 Å². The van der Waals surface area contributed by atoms with Crippen molar-refractivity contribution in [2.75, 3.05) is 13.2 Å². The minimum atomic E-state index is -0.782. The van der Waals surface area contributed by atoms with E-state index in [-0.39, 0.29) is 31.1 Å². The van der Waals surface area contributed by atoms with Gasteiger partial charge in [0.2, 0.25) is 0 Å². The Morgan fingerprint density at radius 3 is 0.896 bits per heavy atom. The summed E-state index contributed by atoms with van der Waals surface area (Å²) in [4.78, 5) is 38.1. The van der Waals surface area contributed by atoms with Crippen molar-refractivity contribution in [2.24, 2.45) is 0 Å². The van der Waals surface area contributed by atoms with E-state index < -0.39 is 6.10 Å². The molecule has 0 aliphatic rings. The predicted octanol–water partition coefficient (Wildman–Crippen LogP) is 19.4. The number of ether oxygens (including phenoxy) is 3. The summed E-state index contributed by atoms with van der Waals surface area (Å²) < 4.78 is 16.9. The lowest BCUT2D eigenvalue weighted by atomic mass is 10.1. The van der Waals surface area contributed by atoms with Crippen molar-refractivity contribution < 1.29 is 28.6 Å². The van der Waals surface area contributed by atoms with Gasteiger partial charge in [-0.1, -0.05) is 236 Å². The number of esters is 3. The summed E-state index contributed by atoms with van der Waals surface area (Å²) in [6.07, 6.45) is 68.1. The minimum absolute atomic E-state index is 0.0802. The van der Waals surface area contributed by atoms with Crippen molar-refractivity contribution in [1.82, 2.24) is 0 Å². The van der Waals surface area contributed by atoms with E-state index in [0.717, 1.165) is 83.5 Å². The molecule has 0 aliphatic heterocycles. The maximum Gasteiger partial charge on any atom is 0.306 e. The average molecular weight is 940 g/mol. The lowest BCUT2D eigenvalue weighted by Gasteiger charge is -2.18. The molecule has 1 unspecified atom stereocenters. The van der Waals surface area contributed by atoms with Gasteiger partial charge >= 0.3 is 17.9 Å². The molecular weight excluding hydrogens is 829 g/mol. The Kier molecular flexibility index (Phi) is 53.8. The molecule has 0 aromatic heterocycles. The lowest BCUT2D eigenvalue weighted by molar-refractivity contribution is -0.167.